The third kappa shape index (κ3) is 4.49. The number of nitrogens with zero attached hydrogens (tertiary/aromatic N) is 2. The zero-order chi connectivity index (χ0) is 19.9. The molecule has 29 heavy (non-hydrogen) atoms. The smallest absolute Gasteiger partial charge is 0.148 e. The molecule has 0 N–H and O–H groups in total. The van der Waals surface area contributed by atoms with Crippen LogP contribution < -0.4 is 9.47 Å². The highest BCUT2D eigenvalue weighted by Gasteiger charge is 2.11. The molecule has 0 spiro atoms. The number of para-hydroxylation sites is 4. The first-order chi connectivity index (χ1) is 14.3. The molecular formula is C25H24N2O2. The van der Waals surface area contributed by atoms with Gasteiger partial charge in [0.05, 0.1) is 17.6 Å². The first-order valence-corrected chi connectivity index (χ1v) is 9.79. The molecular weight excluding hydrogens is 360 g/mol. The van der Waals surface area contributed by atoms with Crippen LogP contribution in [0.3, 0.4) is 0 Å². The Hall–Kier alpha value is -3.53. The zero-order valence-corrected chi connectivity index (χ0v) is 16.3. The Labute approximate surface area is 171 Å². The zero-order valence-electron chi connectivity index (χ0n) is 16.3. The first-order valence-electron chi connectivity index (χ1n) is 9.79. The fourth-order valence-electron chi connectivity index (χ4n) is 3.37. The second-order valence-electron chi connectivity index (χ2n) is 6.72. The molecule has 146 valence electrons. The van der Waals surface area contributed by atoms with Crippen LogP contribution in [0.25, 0.3) is 11.0 Å². The first kappa shape index (κ1) is 18.8. The minimum atomic E-state index is 0.408. The Morgan fingerprint density at radius 3 is 2.48 bits per heavy atom. The Bertz CT molecular complexity index is 1090. The lowest BCUT2D eigenvalue weighted by Crippen LogP contribution is -2.13. The van der Waals surface area contributed by atoms with E-state index in [1.54, 1.807) is 0 Å². The van der Waals surface area contributed by atoms with E-state index in [0.717, 1.165) is 40.3 Å². The van der Waals surface area contributed by atoms with Crippen molar-refractivity contribution in [1.29, 1.82) is 0 Å². The van der Waals surface area contributed by atoms with Gasteiger partial charge in [0.15, 0.2) is 0 Å². The van der Waals surface area contributed by atoms with Crippen molar-refractivity contribution in [3.8, 4) is 11.5 Å². The van der Waals surface area contributed by atoms with E-state index in [4.69, 9.17) is 14.5 Å². The van der Waals surface area contributed by atoms with E-state index in [-0.39, 0.29) is 0 Å². The lowest BCUT2D eigenvalue weighted by Gasteiger charge is -2.13. The quantitative estimate of drug-likeness (QED) is 0.361. The maximum atomic E-state index is 6.09. The topological polar surface area (TPSA) is 36.3 Å². The predicted molar refractivity (Wildman–Crippen MR) is 116 cm³/mol. The predicted octanol–water partition coefficient (Wildman–Crippen LogP) is 5.42. The van der Waals surface area contributed by atoms with E-state index in [2.05, 4.69) is 23.3 Å². The molecule has 4 rings (SSSR count). The van der Waals surface area contributed by atoms with Gasteiger partial charge in [0.1, 0.15) is 30.5 Å². The van der Waals surface area contributed by atoms with Gasteiger partial charge in [-0.15, -0.1) is 6.58 Å². The van der Waals surface area contributed by atoms with E-state index in [0.29, 0.717) is 19.8 Å². The molecule has 0 radical (unpaired) electrons. The number of rotatable bonds is 9. The second-order valence-corrected chi connectivity index (χ2v) is 6.72. The van der Waals surface area contributed by atoms with Crippen molar-refractivity contribution in [2.75, 3.05) is 6.61 Å². The van der Waals surface area contributed by atoms with Crippen LogP contribution in [0.4, 0.5) is 0 Å². The minimum Gasteiger partial charge on any atom is -0.491 e. The normalized spacial score (nSPS) is 10.8. The van der Waals surface area contributed by atoms with Crippen molar-refractivity contribution in [3.63, 3.8) is 0 Å². The molecule has 0 saturated heterocycles. The number of allylic oxidation sites excluding steroid dienone is 1. The van der Waals surface area contributed by atoms with Gasteiger partial charge in [0.25, 0.3) is 0 Å². The van der Waals surface area contributed by atoms with Gasteiger partial charge >= 0.3 is 0 Å². The molecule has 0 aliphatic heterocycles. The average molecular weight is 384 g/mol. The summed E-state index contributed by atoms with van der Waals surface area (Å²) in [5, 5.41) is 0. The van der Waals surface area contributed by atoms with E-state index < -0.39 is 0 Å². The number of hydrogen-bond donors (Lipinski definition) is 0. The number of fused-ring (bicyclic) bond motifs is 1. The highest BCUT2D eigenvalue weighted by atomic mass is 16.5. The molecule has 4 aromatic rings. The number of imidazole rings is 1. The largest absolute Gasteiger partial charge is 0.491 e. The van der Waals surface area contributed by atoms with Crippen LogP contribution in [0, 0.1) is 0 Å². The van der Waals surface area contributed by atoms with Gasteiger partial charge in [0, 0.05) is 0 Å². The summed E-state index contributed by atoms with van der Waals surface area (Å²) in [6, 6.07) is 26.0. The molecule has 3 aromatic carbocycles. The lowest BCUT2D eigenvalue weighted by atomic mass is 10.1. The van der Waals surface area contributed by atoms with Crippen molar-refractivity contribution in [1.82, 2.24) is 9.55 Å². The molecule has 0 amide bonds. The van der Waals surface area contributed by atoms with Gasteiger partial charge in [-0.25, -0.2) is 4.98 Å². The van der Waals surface area contributed by atoms with Crippen LogP contribution in [0.2, 0.25) is 0 Å². The van der Waals surface area contributed by atoms with Crippen LogP contribution in [0.15, 0.2) is 91.5 Å². The van der Waals surface area contributed by atoms with Crippen molar-refractivity contribution >= 4 is 11.0 Å². The standard InChI is InChI=1S/C25H24N2O2/c1-2-10-20-11-6-9-16-24(20)28-18-17-27-23-15-8-7-14-22(23)26-25(27)19-29-21-12-4-3-5-13-21/h2-9,11-16H,1,10,17-19H2. The molecule has 0 aliphatic rings. The molecule has 0 aliphatic carbocycles. The summed E-state index contributed by atoms with van der Waals surface area (Å²) < 4.78 is 14.2. The van der Waals surface area contributed by atoms with Gasteiger partial charge < -0.3 is 14.0 Å². The van der Waals surface area contributed by atoms with E-state index >= 15 is 0 Å². The Balaban J connectivity index is 1.51. The highest BCUT2D eigenvalue weighted by molar-refractivity contribution is 5.75. The average Bonchev–Trinajstić information content (AvgIpc) is 3.12. The molecule has 1 aromatic heterocycles. The van der Waals surface area contributed by atoms with Crippen LogP contribution in [-0.2, 0) is 19.6 Å². The maximum absolute atomic E-state index is 6.09. The summed E-state index contributed by atoms with van der Waals surface area (Å²) in [6.45, 7) is 5.48. The van der Waals surface area contributed by atoms with Gasteiger partial charge in [-0.05, 0) is 42.3 Å². The lowest BCUT2D eigenvalue weighted by molar-refractivity contribution is 0.271. The highest BCUT2D eigenvalue weighted by Crippen LogP contribution is 2.21. The molecule has 0 fully saturated rings. The molecule has 0 atom stereocenters. The SMILES string of the molecule is C=CCc1ccccc1OCCn1c(COc2ccccc2)nc2ccccc21. The fourth-order valence-corrected chi connectivity index (χ4v) is 3.37. The van der Waals surface area contributed by atoms with Crippen LogP contribution in [0.1, 0.15) is 11.4 Å². The summed E-state index contributed by atoms with van der Waals surface area (Å²) in [5.41, 5.74) is 3.19. The summed E-state index contributed by atoms with van der Waals surface area (Å²) >= 11 is 0. The molecule has 0 saturated carbocycles. The third-order valence-corrected chi connectivity index (χ3v) is 4.75. The Morgan fingerprint density at radius 2 is 1.62 bits per heavy atom. The van der Waals surface area contributed by atoms with Gasteiger partial charge in [-0.3, -0.25) is 0 Å². The van der Waals surface area contributed by atoms with Gasteiger partial charge in [-0.1, -0.05) is 54.6 Å². The maximum Gasteiger partial charge on any atom is 0.148 e. The van der Waals surface area contributed by atoms with Crippen molar-refractivity contribution in [2.45, 2.75) is 19.6 Å². The van der Waals surface area contributed by atoms with Crippen LogP contribution in [0.5, 0.6) is 11.5 Å². The Morgan fingerprint density at radius 1 is 0.862 bits per heavy atom. The number of hydrogen-bond acceptors (Lipinski definition) is 3. The van der Waals surface area contributed by atoms with Crippen molar-refractivity contribution in [3.05, 3.63) is 103 Å². The van der Waals surface area contributed by atoms with Gasteiger partial charge in [0.2, 0.25) is 0 Å². The van der Waals surface area contributed by atoms with Crippen molar-refractivity contribution in [2.24, 2.45) is 0 Å². The summed E-state index contributed by atoms with van der Waals surface area (Å²) in [7, 11) is 0. The summed E-state index contributed by atoms with van der Waals surface area (Å²) in [6.07, 6.45) is 2.69. The third-order valence-electron chi connectivity index (χ3n) is 4.75. The molecule has 4 heteroatoms. The molecule has 0 unspecified atom stereocenters. The summed E-state index contributed by atoms with van der Waals surface area (Å²) in [5.74, 6) is 2.62. The van der Waals surface area contributed by atoms with E-state index in [1.807, 2.05) is 72.8 Å². The van der Waals surface area contributed by atoms with Crippen LogP contribution >= 0.6 is 0 Å². The minimum absolute atomic E-state index is 0.408. The van der Waals surface area contributed by atoms with Crippen LogP contribution in [-0.4, -0.2) is 16.2 Å². The Kier molecular flexibility index (Phi) is 5.91. The van der Waals surface area contributed by atoms with Crippen molar-refractivity contribution < 1.29 is 9.47 Å². The van der Waals surface area contributed by atoms with E-state index in [1.165, 1.54) is 0 Å². The summed E-state index contributed by atoms with van der Waals surface area (Å²) in [4.78, 5) is 4.77. The molecule has 0 bridgehead atoms. The fraction of sp³-hybridized carbons (Fsp3) is 0.160. The molecule has 1 heterocycles. The number of ether oxygens (including phenoxy) is 2. The number of benzene rings is 3. The number of aromatic nitrogens is 2. The molecule has 4 nitrogen and oxygen atoms in total. The van der Waals surface area contributed by atoms with Gasteiger partial charge in [-0.2, -0.15) is 0 Å². The second kappa shape index (κ2) is 9.11. The van der Waals surface area contributed by atoms with E-state index in [9.17, 15) is 0 Å². The monoisotopic (exact) mass is 384 g/mol.